The number of unbranched alkanes of at least 4 members (excludes halogenated alkanes) is 35. The van der Waals surface area contributed by atoms with Crippen LogP contribution in [0.2, 0.25) is 0 Å². The van der Waals surface area contributed by atoms with Crippen LogP contribution in [0, 0.1) is 0 Å². The molecule has 3 atom stereocenters. The van der Waals surface area contributed by atoms with Crippen molar-refractivity contribution in [2.24, 2.45) is 5.73 Å². The molecule has 0 fully saturated rings. The minimum absolute atomic E-state index is 0.0762. The molecule has 356 valence electrons. The van der Waals surface area contributed by atoms with Gasteiger partial charge in [0.15, 0.2) is 0 Å². The van der Waals surface area contributed by atoms with E-state index < -0.39 is 20.0 Å². The zero-order valence-electron chi connectivity index (χ0n) is 39.7. The van der Waals surface area contributed by atoms with Crippen LogP contribution in [0.5, 0.6) is 0 Å². The van der Waals surface area contributed by atoms with E-state index in [2.05, 4.69) is 31.3 Å². The first-order valence-electron chi connectivity index (χ1n) is 26.0. The van der Waals surface area contributed by atoms with Crippen molar-refractivity contribution < 1.29 is 28.4 Å². The minimum atomic E-state index is -4.35. The van der Waals surface area contributed by atoms with E-state index in [1.807, 2.05) is 6.08 Å². The van der Waals surface area contributed by atoms with Gasteiger partial charge >= 0.3 is 7.82 Å². The maximum atomic E-state index is 12.8. The molecule has 0 radical (unpaired) electrons. The van der Waals surface area contributed by atoms with Crippen molar-refractivity contribution in [1.29, 1.82) is 0 Å². The lowest BCUT2D eigenvalue weighted by Crippen LogP contribution is -2.45. The largest absolute Gasteiger partial charge is 0.472 e. The molecule has 0 rings (SSSR count). The second kappa shape index (κ2) is 47.5. The van der Waals surface area contributed by atoms with Crippen LogP contribution in [0.25, 0.3) is 0 Å². The van der Waals surface area contributed by atoms with Crippen LogP contribution in [0.15, 0.2) is 24.3 Å². The third-order valence-electron chi connectivity index (χ3n) is 11.8. The highest BCUT2D eigenvalue weighted by Crippen LogP contribution is 2.43. The second-order valence-electron chi connectivity index (χ2n) is 17.7. The molecule has 60 heavy (non-hydrogen) atoms. The number of phosphoric ester groups is 1. The van der Waals surface area contributed by atoms with Gasteiger partial charge in [0.25, 0.3) is 0 Å². The summed E-state index contributed by atoms with van der Waals surface area (Å²) >= 11 is 0. The Morgan fingerprint density at radius 3 is 1.28 bits per heavy atom. The van der Waals surface area contributed by atoms with Crippen LogP contribution in [0.4, 0.5) is 0 Å². The normalized spacial score (nSPS) is 14.0. The number of carbonyl (C=O) groups excluding carboxylic acids is 1. The SMILES string of the molecule is CCCCCCCCCCCCCCCCC/C=C/CC/C=C/C(O)C(COP(=O)(O)OCCN)NC(=O)CCCCCCCCCCCCCCCCCCCCCC. The molecular formula is C51H101N2O6P. The van der Waals surface area contributed by atoms with E-state index in [0.717, 1.165) is 38.5 Å². The van der Waals surface area contributed by atoms with Gasteiger partial charge in [-0.1, -0.05) is 250 Å². The fourth-order valence-electron chi connectivity index (χ4n) is 7.86. The fraction of sp³-hybridized carbons (Fsp3) is 0.902. The van der Waals surface area contributed by atoms with Crippen molar-refractivity contribution in [3.63, 3.8) is 0 Å². The zero-order chi connectivity index (χ0) is 43.9. The third-order valence-corrected chi connectivity index (χ3v) is 12.8. The summed E-state index contributed by atoms with van der Waals surface area (Å²) in [5.41, 5.74) is 5.39. The summed E-state index contributed by atoms with van der Waals surface area (Å²) in [6.07, 6.45) is 56.8. The predicted octanol–water partition coefficient (Wildman–Crippen LogP) is 15.3. The number of allylic oxidation sites excluding steroid dienone is 3. The molecule has 1 amide bonds. The van der Waals surface area contributed by atoms with Gasteiger partial charge < -0.3 is 21.1 Å². The quantitative estimate of drug-likeness (QED) is 0.0272. The van der Waals surface area contributed by atoms with Gasteiger partial charge in [-0.05, 0) is 32.1 Å². The Kier molecular flexibility index (Phi) is 46.7. The molecule has 0 aliphatic rings. The van der Waals surface area contributed by atoms with Gasteiger partial charge in [0.1, 0.15) is 0 Å². The highest BCUT2D eigenvalue weighted by atomic mass is 31.2. The van der Waals surface area contributed by atoms with Crippen LogP contribution < -0.4 is 11.1 Å². The molecule has 0 aliphatic heterocycles. The molecule has 0 aromatic heterocycles. The standard InChI is InChI=1S/C51H101N2O6P/c1-3-5-7-9-11-13-15-17-19-21-23-25-26-28-30-32-34-36-38-40-42-44-50(54)49(48-59-60(56,57)58-47-46-52)53-51(55)45-43-41-39-37-35-33-31-29-27-24-22-20-18-16-14-12-10-8-6-4-2/h34,36,42,44,49-50,54H,3-33,35,37-41,43,45-48,52H2,1-2H3,(H,53,55)(H,56,57)/b36-34+,44-42+. The average Bonchev–Trinajstić information content (AvgIpc) is 3.24. The molecule has 9 heteroatoms. The van der Waals surface area contributed by atoms with Crippen LogP contribution >= 0.6 is 7.82 Å². The molecular weight excluding hydrogens is 768 g/mol. The summed E-state index contributed by atoms with van der Waals surface area (Å²) in [6, 6.07) is -0.874. The lowest BCUT2D eigenvalue weighted by molar-refractivity contribution is -0.123. The number of nitrogens with two attached hydrogens (primary N) is 1. The van der Waals surface area contributed by atoms with E-state index >= 15 is 0 Å². The first kappa shape index (κ1) is 59.0. The average molecular weight is 869 g/mol. The number of aliphatic hydroxyl groups is 1. The highest BCUT2D eigenvalue weighted by Gasteiger charge is 2.26. The smallest absolute Gasteiger partial charge is 0.387 e. The maximum Gasteiger partial charge on any atom is 0.472 e. The van der Waals surface area contributed by atoms with Crippen molar-refractivity contribution in [3.8, 4) is 0 Å². The van der Waals surface area contributed by atoms with Gasteiger partial charge in [0, 0.05) is 13.0 Å². The first-order valence-corrected chi connectivity index (χ1v) is 27.5. The molecule has 0 aromatic rings. The van der Waals surface area contributed by atoms with E-state index in [4.69, 9.17) is 14.8 Å². The van der Waals surface area contributed by atoms with Crippen molar-refractivity contribution in [3.05, 3.63) is 24.3 Å². The molecule has 0 aliphatic carbocycles. The highest BCUT2D eigenvalue weighted by molar-refractivity contribution is 7.47. The Morgan fingerprint density at radius 1 is 0.533 bits per heavy atom. The number of amides is 1. The Bertz CT molecular complexity index is 995. The van der Waals surface area contributed by atoms with Crippen molar-refractivity contribution in [2.75, 3.05) is 19.8 Å². The number of carbonyl (C=O) groups is 1. The fourth-order valence-corrected chi connectivity index (χ4v) is 8.62. The van der Waals surface area contributed by atoms with Gasteiger partial charge in [0.2, 0.25) is 5.91 Å². The van der Waals surface area contributed by atoms with Gasteiger partial charge in [-0.25, -0.2) is 4.57 Å². The van der Waals surface area contributed by atoms with E-state index in [-0.39, 0.29) is 25.7 Å². The van der Waals surface area contributed by atoms with Crippen LogP contribution in [-0.2, 0) is 18.4 Å². The van der Waals surface area contributed by atoms with Crippen LogP contribution in [0.3, 0.4) is 0 Å². The monoisotopic (exact) mass is 869 g/mol. The van der Waals surface area contributed by atoms with Crippen molar-refractivity contribution in [1.82, 2.24) is 5.32 Å². The zero-order valence-corrected chi connectivity index (χ0v) is 40.6. The van der Waals surface area contributed by atoms with Gasteiger partial charge in [-0.2, -0.15) is 0 Å². The van der Waals surface area contributed by atoms with Gasteiger partial charge in [0.05, 0.1) is 25.4 Å². The predicted molar refractivity (Wildman–Crippen MR) is 258 cm³/mol. The third kappa shape index (κ3) is 45.0. The van der Waals surface area contributed by atoms with Crippen molar-refractivity contribution >= 4 is 13.7 Å². The summed E-state index contributed by atoms with van der Waals surface area (Å²) in [4.78, 5) is 22.8. The summed E-state index contributed by atoms with van der Waals surface area (Å²) < 4.78 is 22.2. The molecule has 0 aromatic carbocycles. The second-order valence-corrected chi connectivity index (χ2v) is 19.2. The molecule has 3 unspecified atom stereocenters. The number of aliphatic hydroxyl groups excluding tert-OH is 1. The van der Waals surface area contributed by atoms with Crippen LogP contribution in [0.1, 0.15) is 264 Å². The van der Waals surface area contributed by atoms with E-state index in [9.17, 15) is 19.4 Å². The van der Waals surface area contributed by atoms with E-state index in [1.54, 1.807) is 6.08 Å². The molecule has 5 N–H and O–H groups in total. The maximum absolute atomic E-state index is 12.8. The Hall–Kier alpha value is -1.02. The van der Waals surface area contributed by atoms with E-state index in [1.165, 1.54) is 205 Å². The molecule has 0 bridgehead atoms. The minimum Gasteiger partial charge on any atom is -0.387 e. The number of hydrogen-bond acceptors (Lipinski definition) is 6. The van der Waals surface area contributed by atoms with E-state index in [0.29, 0.717) is 6.42 Å². The van der Waals surface area contributed by atoms with Gasteiger partial charge in [-0.15, -0.1) is 0 Å². The first-order chi connectivity index (χ1) is 29.4. The Morgan fingerprint density at radius 2 is 0.883 bits per heavy atom. The Balaban J connectivity index is 4.11. The summed E-state index contributed by atoms with van der Waals surface area (Å²) in [7, 11) is -4.35. The number of phosphoric acid groups is 1. The molecule has 0 spiro atoms. The lowest BCUT2D eigenvalue weighted by atomic mass is 10.0. The van der Waals surface area contributed by atoms with Crippen molar-refractivity contribution in [2.45, 2.75) is 276 Å². The number of hydrogen-bond donors (Lipinski definition) is 4. The lowest BCUT2D eigenvalue weighted by Gasteiger charge is -2.23. The summed E-state index contributed by atoms with van der Waals surface area (Å²) in [6.45, 7) is 4.16. The Labute approximate surface area is 372 Å². The van der Waals surface area contributed by atoms with Gasteiger partial charge in [-0.3, -0.25) is 13.8 Å². The molecule has 0 saturated carbocycles. The number of rotatable bonds is 49. The summed E-state index contributed by atoms with van der Waals surface area (Å²) in [5, 5.41) is 13.7. The number of nitrogens with one attached hydrogen (secondary N) is 1. The summed E-state index contributed by atoms with van der Waals surface area (Å²) in [5.74, 6) is -0.198. The van der Waals surface area contributed by atoms with Crippen LogP contribution in [-0.4, -0.2) is 47.8 Å². The topological polar surface area (TPSA) is 131 Å². The molecule has 8 nitrogen and oxygen atoms in total. The molecule has 0 saturated heterocycles. The molecule has 0 heterocycles.